The van der Waals surface area contributed by atoms with Gasteiger partial charge in [-0.1, -0.05) is 34.1 Å². The monoisotopic (exact) mass is 368 g/mol. The van der Waals surface area contributed by atoms with Crippen molar-refractivity contribution in [1.29, 1.82) is 0 Å². The van der Waals surface area contributed by atoms with E-state index in [-0.39, 0.29) is 29.1 Å². The third-order valence-electron chi connectivity index (χ3n) is 5.90. The Hall–Kier alpha value is -1.79. The van der Waals surface area contributed by atoms with Crippen LogP contribution in [-0.4, -0.2) is 52.2 Å². The second kappa shape index (κ2) is 6.74. The minimum Gasteiger partial charge on any atom is -0.480 e. The fraction of sp³-hybridized carbons (Fsp3) is 0.842. The number of ether oxygens (including phenoxy) is 1. The van der Waals surface area contributed by atoms with E-state index in [2.05, 4.69) is 5.32 Å². The summed E-state index contributed by atoms with van der Waals surface area (Å²) in [4.78, 5) is 38.6. The van der Waals surface area contributed by atoms with Crippen molar-refractivity contribution in [1.82, 2.24) is 10.2 Å². The number of piperidine rings is 1. The van der Waals surface area contributed by atoms with Crippen molar-refractivity contribution in [3.63, 3.8) is 0 Å². The zero-order valence-corrected chi connectivity index (χ0v) is 16.8. The smallest absolute Gasteiger partial charge is 0.408 e. The van der Waals surface area contributed by atoms with E-state index in [1.54, 1.807) is 20.8 Å². The lowest BCUT2D eigenvalue weighted by Gasteiger charge is -2.33. The molecule has 1 saturated carbocycles. The number of alkyl carbamates (subject to hydrolysis) is 1. The molecule has 7 heteroatoms. The van der Waals surface area contributed by atoms with Crippen LogP contribution in [0.3, 0.4) is 0 Å². The third-order valence-corrected chi connectivity index (χ3v) is 5.90. The Bertz CT molecular complexity index is 595. The van der Waals surface area contributed by atoms with Crippen LogP contribution >= 0.6 is 0 Å². The van der Waals surface area contributed by atoms with Crippen LogP contribution in [-0.2, 0) is 14.3 Å². The number of carboxylic acid groups (broad SMARTS) is 1. The lowest BCUT2D eigenvalue weighted by molar-refractivity contribution is -0.151. The van der Waals surface area contributed by atoms with Gasteiger partial charge in [-0.25, -0.2) is 9.59 Å². The molecule has 0 radical (unpaired) electrons. The maximum absolute atomic E-state index is 13.1. The molecule has 0 aromatic carbocycles. The molecule has 2 fully saturated rings. The first kappa shape index (κ1) is 20.5. The summed E-state index contributed by atoms with van der Waals surface area (Å²) in [6.07, 6.45) is 0.0172. The lowest BCUT2D eigenvalue weighted by Crippen LogP contribution is -2.56. The highest BCUT2D eigenvalue weighted by molar-refractivity contribution is 5.91. The van der Waals surface area contributed by atoms with Gasteiger partial charge < -0.3 is 20.1 Å². The number of carboxylic acids is 1. The Morgan fingerprint density at radius 1 is 1.31 bits per heavy atom. The first-order valence-electron chi connectivity index (χ1n) is 9.34. The molecule has 1 aliphatic carbocycles. The van der Waals surface area contributed by atoms with Gasteiger partial charge in [0.05, 0.1) is 0 Å². The second-order valence-electron chi connectivity index (χ2n) is 9.24. The molecule has 0 aromatic heterocycles. The summed E-state index contributed by atoms with van der Waals surface area (Å²) in [6.45, 7) is 13.6. The van der Waals surface area contributed by atoms with Crippen LogP contribution in [0.4, 0.5) is 4.79 Å². The normalized spacial score (nSPS) is 28.7. The first-order valence-corrected chi connectivity index (χ1v) is 9.34. The molecule has 5 atom stereocenters. The highest BCUT2D eigenvalue weighted by Crippen LogP contribution is 2.64. The molecule has 7 nitrogen and oxygen atoms in total. The molecule has 1 aliphatic heterocycles. The highest BCUT2D eigenvalue weighted by Gasteiger charge is 2.69. The molecular weight excluding hydrogens is 336 g/mol. The van der Waals surface area contributed by atoms with Crippen LogP contribution in [0.25, 0.3) is 0 Å². The standard InChI is InChI=1S/C19H32N2O5/c1-8-10(2)13(20-17(25)26-18(3,4)5)15(22)21-9-11-12(19(11,6)7)14(21)16(23)24/h10-14H,8-9H2,1-7H3,(H,20,25)(H,23,24)/t10?,11-,12-,13?,14-/m0/s1. The summed E-state index contributed by atoms with van der Waals surface area (Å²) in [5, 5.41) is 12.3. The topological polar surface area (TPSA) is 95.9 Å². The lowest BCUT2D eigenvalue weighted by atomic mass is 9.95. The summed E-state index contributed by atoms with van der Waals surface area (Å²) in [6, 6.07) is -1.62. The molecule has 2 unspecified atom stereocenters. The number of fused-ring (bicyclic) bond motifs is 1. The van der Waals surface area contributed by atoms with Crippen LogP contribution in [0, 0.1) is 23.2 Å². The molecule has 0 bridgehead atoms. The fourth-order valence-corrected chi connectivity index (χ4v) is 4.09. The van der Waals surface area contributed by atoms with E-state index in [1.807, 2.05) is 27.7 Å². The molecular formula is C19H32N2O5. The van der Waals surface area contributed by atoms with Crippen molar-refractivity contribution < 1.29 is 24.2 Å². The largest absolute Gasteiger partial charge is 0.480 e. The molecule has 148 valence electrons. The summed E-state index contributed by atoms with van der Waals surface area (Å²) in [7, 11) is 0. The number of nitrogens with zero attached hydrogens (tertiary/aromatic N) is 1. The van der Waals surface area contributed by atoms with Gasteiger partial charge in [-0.05, 0) is 38.0 Å². The molecule has 1 heterocycles. The molecule has 2 rings (SSSR count). The van der Waals surface area contributed by atoms with E-state index >= 15 is 0 Å². The number of aliphatic carboxylic acids is 1. The number of likely N-dealkylation sites (tertiary alicyclic amines) is 1. The molecule has 2 aliphatic rings. The van der Waals surface area contributed by atoms with Crippen LogP contribution < -0.4 is 5.32 Å². The van der Waals surface area contributed by atoms with Gasteiger partial charge >= 0.3 is 12.1 Å². The van der Waals surface area contributed by atoms with E-state index in [0.717, 1.165) is 0 Å². The van der Waals surface area contributed by atoms with Gasteiger partial charge in [0, 0.05) is 12.5 Å². The first-order chi connectivity index (χ1) is 11.8. The minimum absolute atomic E-state index is 0.0249. The van der Waals surface area contributed by atoms with Crippen LogP contribution in [0.1, 0.15) is 54.9 Å². The SMILES string of the molecule is CCC(C)C(NC(=O)OC(C)(C)C)C(=O)N1C[C@H]2[C@@H]([C@H]1C(=O)O)C2(C)C. The maximum atomic E-state index is 13.1. The van der Waals surface area contributed by atoms with E-state index in [9.17, 15) is 19.5 Å². The molecule has 26 heavy (non-hydrogen) atoms. The number of carbonyl (C=O) groups is 3. The molecule has 0 spiro atoms. The van der Waals surface area contributed by atoms with Gasteiger partial charge in [0.2, 0.25) is 5.91 Å². The van der Waals surface area contributed by atoms with E-state index < -0.39 is 29.7 Å². The number of amides is 2. The Morgan fingerprint density at radius 3 is 2.35 bits per heavy atom. The van der Waals surface area contributed by atoms with Crippen LogP contribution in [0.15, 0.2) is 0 Å². The average molecular weight is 368 g/mol. The highest BCUT2D eigenvalue weighted by atomic mass is 16.6. The van der Waals surface area contributed by atoms with Crippen molar-refractivity contribution in [3.8, 4) is 0 Å². The second-order valence-corrected chi connectivity index (χ2v) is 9.24. The molecule has 2 N–H and O–H groups in total. The van der Waals surface area contributed by atoms with Crippen molar-refractivity contribution in [2.45, 2.75) is 72.6 Å². The zero-order chi connectivity index (χ0) is 20.0. The van der Waals surface area contributed by atoms with Gasteiger partial charge in [-0.15, -0.1) is 0 Å². The maximum Gasteiger partial charge on any atom is 0.408 e. The van der Waals surface area contributed by atoms with Crippen molar-refractivity contribution in [2.24, 2.45) is 23.2 Å². The van der Waals surface area contributed by atoms with E-state index in [0.29, 0.717) is 13.0 Å². The Morgan fingerprint density at radius 2 is 1.88 bits per heavy atom. The predicted molar refractivity (Wildman–Crippen MR) is 96.5 cm³/mol. The van der Waals surface area contributed by atoms with Crippen molar-refractivity contribution in [3.05, 3.63) is 0 Å². The molecule has 1 saturated heterocycles. The number of nitrogens with one attached hydrogen (secondary N) is 1. The van der Waals surface area contributed by atoms with Crippen molar-refractivity contribution in [2.75, 3.05) is 6.54 Å². The number of hydrogen-bond donors (Lipinski definition) is 2. The third kappa shape index (κ3) is 3.81. The summed E-state index contributed by atoms with van der Waals surface area (Å²) in [5.74, 6) is -1.26. The van der Waals surface area contributed by atoms with E-state index in [4.69, 9.17) is 4.74 Å². The summed E-state index contributed by atoms with van der Waals surface area (Å²) < 4.78 is 5.28. The Labute approximate surface area is 155 Å². The molecule has 0 aromatic rings. The Kier molecular flexibility index (Phi) is 5.32. The summed E-state index contributed by atoms with van der Waals surface area (Å²) >= 11 is 0. The number of hydrogen-bond acceptors (Lipinski definition) is 4. The fourth-order valence-electron chi connectivity index (χ4n) is 4.09. The number of carbonyl (C=O) groups excluding carboxylic acids is 2. The van der Waals surface area contributed by atoms with Gasteiger partial charge in [0.25, 0.3) is 0 Å². The predicted octanol–water partition coefficient (Wildman–Crippen LogP) is 2.49. The van der Waals surface area contributed by atoms with Gasteiger partial charge in [0.1, 0.15) is 17.7 Å². The van der Waals surface area contributed by atoms with Crippen LogP contribution in [0.2, 0.25) is 0 Å². The van der Waals surface area contributed by atoms with Gasteiger partial charge in [-0.2, -0.15) is 0 Å². The molecule has 2 amide bonds. The summed E-state index contributed by atoms with van der Waals surface area (Å²) in [5.41, 5.74) is -0.722. The van der Waals surface area contributed by atoms with Gasteiger partial charge in [-0.3, -0.25) is 4.79 Å². The zero-order valence-electron chi connectivity index (χ0n) is 16.8. The quantitative estimate of drug-likeness (QED) is 0.777. The van der Waals surface area contributed by atoms with Crippen LogP contribution in [0.5, 0.6) is 0 Å². The average Bonchev–Trinajstić information content (AvgIpc) is 2.86. The minimum atomic E-state index is -0.975. The van der Waals surface area contributed by atoms with Gasteiger partial charge in [0.15, 0.2) is 0 Å². The Balaban J connectivity index is 2.17. The van der Waals surface area contributed by atoms with Crippen molar-refractivity contribution >= 4 is 18.0 Å². The van der Waals surface area contributed by atoms with E-state index in [1.165, 1.54) is 4.90 Å². The number of rotatable bonds is 5.